The lowest BCUT2D eigenvalue weighted by molar-refractivity contribution is 0.470. The van der Waals surface area contributed by atoms with Crippen LogP contribution in [0, 0.1) is 13.8 Å². The predicted molar refractivity (Wildman–Crippen MR) is 355 cm³/mol. The quantitative estimate of drug-likeness (QED) is 0.165. The SMILES string of the molecule is Cc1ccc(-c2ccc3c4c(cccc24)Oc2cc(-c4ccc(-c5ccc6c7c(cccc57)Cc5cc(C)ccc5-6)cc4)ccc2-3)cc1.c1ccc2c(c1)Oc1cccc3cccc-2c13.c1ccc2c(c1)Oc1nc3ccccc3c3cccc-2c13. The highest BCUT2D eigenvalue weighted by Gasteiger charge is 2.26. The van der Waals surface area contributed by atoms with Crippen molar-refractivity contribution in [3.05, 3.63) is 295 Å². The van der Waals surface area contributed by atoms with Crippen molar-refractivity contribution in [2.75, 3.05) is 0 Å². The van der Waals surface area contributed by atoms with E-state index >= 15 is 0 Å². The van der Waals surface area contributed by atoms with Crippen LogP contribution in [0.15, 0.2) is 273 Å². The number of nitrogens with zero attached hydrogens (tertiary/aromatic N) is 1. The minimum absolute atomic E-state index is 0.706. The van der Waals surface area contributed by atoms with Crippen LogP contribution in [0.2, 0.25) is 0 Å². The number of aryl methyl sites for hydroxylation is 2. The lowest BCUT2D eigenvalue weighted by atomic mass is 9.81. The molecular formula is C82H53NO3. The Morgan fingerprint density at radius 2 is 0.744 bits per heavy atom. The zero-order valence-electron chi connectivity index (χ0n) is 47.4. The van der Waals surface area contributed by atoms with Crippen molar-refractivity contribution >= 4 is 54.0 Å². The van der Waals surface area contributed by atoms with Gasteiger partial charge >= 0.3 is 0 Å². The number of para-hydroxylation sites is 3. The molecule has 86 heavy (non-hydrogen) atoms. The second kappa shape index (κ2) is 19.8. The summed E-state index contributed by atoms with van der Waals surface area (Å²) >= 11 is 0. The third-order valence-electron chi connectivity index (χ3n) is 17.8. The summed E-state index contributed by atoms with van der Waals surface area (Å²) in [6.45, 7) is 4.31. The Morgan fingerprint density at radius 3 is 1.52 bits per heavy atom. The van der Waals surface area contributed by atoms with Crippen molar-refractivity contribution in [3.8, 4) is 113 Å². The van der Waals surface area contributed by atoms with Crippen molar-refractivity contribution in [2.24, 2.45) is 0 Å². The maximum absolute atomic E-state index is 6.63. The molecule has 0 bridgehead atoms. The smallest absolute Gasteiger partial charge is 0.228 e. The molecule has 0 saturated heterocycles. The highest BCUT2D eigenvalue weighted by Crippen LogP contribution is 2.52. The van der Waals surface area contributed by atoms with E-state index in [9.17, 15) is 0 Å². The van der Waals surface area contributed by atoms with Crippen LogP contribution < -0.4 is 14.2 Å². The first-order valence-electron chi connectivity index (χ1n) is 29.5. The number of rotatable bonds is 3. The highest BCUT2D eigenvalue weighted by molar-refractivity contribution is 6.15. The number of pyridine rings is 1. The molecule has 4 nitrogen and oxygen atoms in total. The van der Waals surface area contributed by atoms with Crippen molar-refractivity contribution in [1.82, 2.24) is 4.98 Å². The molecule has 3 aliphatic heterocycles. The van der Waals surface area contributed by atoms with E-state index in [4.69, 9.17) is 19.2 Å². The fourth-order valence-electron chi connectivity index (χ4n) is 13.7. The molecule has 0 fully saturated rings. The van der Waals surface area contributed by atoms with E-state index in [0.717, 1.165) is 62.8 Å². The van der Waals surface area contributed by atoms with Crippen LogP contribution in [0.4, 0.5) is 0 Å². The molecule has 4 aliphatic rings. The van der Waals surface area contributed by atoms with E-state index in [1.807, 2.05) is 54.6 Å². The molecule has 4 heteroatoms. The van der Waals surface area contributed by atoms with Gasteiger partial charge in [0.2, 0.25) is 5.88 Å². The van der Waals surface area contributed by atoms with Crippen LogP contribution in [0.1, 0.15) is 22.3 Å². The molecular weight excluding hydrogens is 1050 g/mol. The van der Waals surface area contributed by atoms with E-state index in [1.54, 1.807) is 0 Å². The lowest BCUT2D eigenvalue weighted by Gasteiger charge is -2.23. The minimum atomic E-state index is 0.706. The summed E-state index contributed by atoms with van der Waals surface area (Å²) in [6.07, 6.45) is 0.983. The Bertz CT molecular complexity index is 5300. The number of aromatic nitrogens is 1. The van der Waals surface area contributed by atoms with Gasteiger partial charge in [0.1, 0.15) is 28.7 Å². The largest absolute Gasteiger partial charge is 0.456 e. The van der Waals surface area contributed by atoms with Gasteiger partial charge in [0.15, 0.2) is 0 Å². The molecule has 0 atom stereocenters. The second-order valence-electron chi connectivity index (χ2n) is 23.0. The summed E-state index contributed by atoms with van der Waals surface area (Å²) in [6, 6.07) is 97.2. The van der Waals surface area contributed by atoms with E-state index in [2.05, 4.69) is 232 Å². The van der Waals surface area contributed by atoms with E-state index in [0.29, 0.717) is 5.88 Å². The zero-order chi connectivity index (χ0) is 57.0. The van der Waals surface area contributed by atoms with Gasteiger partial charge in [-0.2, -0.15) is 0 Å². The fourth-order valence-corrected chi connectivity index (χ4v) is 13.7. The topological polar surface area (TPSA) is 40.6 Å². The maximum atomic E-state index is 6.63. The van der Waals surface area contributed by atoms with Gasteiger partial charge in [0.25, 0.3) is 0 Å². The number of fused-ring (bicyclic) bond motifs is 10. The van der Waals surface area contributed by atoms with E-state index in [-0.39, 0.29) is 0 Å². The standard InChI is InChI=1S/C47H32O.C19H11NO.C16H10O/c1-28-9-12-31(13-10-28)37-22-24-43-39-20-18-33(27-45(39)48-44-8-4-7-41(37)47(43)44)30-14-16-32(17-15-30)36-21-23-42-38-19-11-29(2)25-35(38)26-34-5-3-6-40(36)46(34)42;1-3-10-16-12(6-1)14-8-5-9-15-13-7-2-4-11-17(13)21-19(20-16)18(14)15;1-2-9-14-12(7-1)13-8-3-5-11-6-4-10-15(17-14)16(11)13/h3-25,27H,26H2,1-2H3;1-11H;1-10H. The average molecular weight is 1100 g/mol. The van der Waals surface area contributed by atoms with Gasteiger partial charge in [-0.15, -0.1) is 0 Å². The van der Waals surface area contributed by atoms with Gasteiger partial charge in [-0.1, -0.05) is 242 Å². The van der Waals surface area contributed by atoms with Gasteiger partial charge < -0.3 is 14.2 Å². The molecule has 19 rings (SSSR count). The summed E-state index contributed by atoms with van der Waals surface area (Å²) in [5.41, 5.74) is 23.5. The summed E-state index contributed by atoms with van der Waals surface area (Å²) < 4.78 is 18.6. The summed E-state index contributed by atoms with van der Waals surface area (Å²) in [5.74, 6) is 5.30. The van der Waals surface area contributed by atoms with Crippen molar-refractivity contribution in [3.63, 3.8) is 0 Å². The first kappa shape index (κ1) is 49.5. The van der Waals surface area contributed by atoms with Gasteiger partial charge in [0.05, 0.1) is 10.9 Å². The molecule has 0 amide bonds. The number of hydrogen-bond donors (Lipinski definition) is 0. The third-order valence-corrected chi connectivity index (χ3v) is 17.8. The third kappa shape index (κ3) is 8.09. The lowest BCUT2D eigenvalue weighted by Crippen LogP contribution is -2.02. The molecule has 1 aliphatic carbocycles. The molecule has 404 valence electrons. The first-order valence-corrected chi connectivity index (χ1v) is 29.5. The van der Waals surface area contributed by atoms with Gasteiger partial charge in [-0.3, -0.25) is 0 Å². The zero-order valence-corrected chi connectivity index (χ0v) is 47.4. The fraction of sp³-hybridized carbons (Fsp3) is 0.0366. The molecule has 0 spiro atoms. The molecule has 0 saturated carbocycles. The van der Waals surface area contributed by atoms with Crippen LogP contribution in [0.5, 0.6) is 34.6 Å². The summed E-state index contributed by atoms with van der Waals surface area (Å²) in [7, 11) is 0. The molecule has 4 heterocycles. The highest BCUT2D eigenvalue weighted by atomic mass is 16.5. The molecule has 1 aromatic heterocycles. The molecule has 14 aromatic carbocycles. The van der Waals surface area contributed by atoms with Crippen LogP contribution in [-0.2, 0) is 6.42 Å². The maximum Gasteiger partial charge on any atom is 0.228 e. The molecule has 0 radical (unpaired) electrons. The average Bonchev–Trinajstić information content (AvgIpc) is 1.24. The van der Waals surface area contributed by atoms with Crippen LogP contribution in [0.3, 0.4) is 0 Å². The van der Waals surface area contributed by atoms with E-state index in [1.165, 1.54) is 127 Å². The Balaban J connectivity index is 0.000000123. The summed E-state index contributed by atoms with van der Waals surface area (Å²) in [4.78, 5) is 4.71. The van der Waals surface area contributed by atoms with Gasteiger partial charge in [0, 0.05) is 32.8 Å². The normalized spacial score (nSPS) is 12.3. The van der Waals surface area contributed by atoms with Gasteiger partial charge in [-0.25, -0.2) is 4.98 Å². The van der Waals surface area contributed by atoms with Gasteiger partial charge in [-0.05, 0) is 162 Å². The van der Waals surface area contributed by atoms with E-state index < -0.39 is 0 Å². The van der Waals surface area contributed by atoms with Crippen molar-refractivity contribution < 1.29 is 14.2 Å². The number of hydrogen-bond acceptors (Lipinski definition) is 4. The monoisotopic (exact) mass is 1100 g/mol. The van der Waals surface area contributed by atoms with Crippen molar-refractivity contribution in [1.29, 1.82) is 0 Å². The van der Waals surface area contributed by atoms with Crippen LogP contribution >= 0.6 is 0 Å². The Hall–Kier alpha value is -11.1. The predicted octanol–water partition coefficient (Wildman–Crippen LogP) is 22.7. The van der Waals surface area contributed by atoms with Crippen LogP contribution in [0.25, 0.3) is 132 Å². The molecule has 0 N–H and O–H groups in total. The molecule has 0 unspecified atom stereocenters. The number of benzene rings is 14. The Kier molecular flexibility index (Phi) is 11.4. The minimum Gasteiger partial charge on any atom is -0.456 e. The summed E-state index contributed by atoms with van der Waals surface area (Å²) in [5, 5.41) is 11.0. The molecule has 15 aromatic rings. The Labute approximate surface area is 498 Å². The number of ether oxygens (including phenoxy) is 3. The first-order chi connectivity index (χ1) is 42.4. The van der Waals surface area contributed by atoms with Crippen LogP contribution in [-0.4, -0.2) is 4.98 Å². The van der Waals surface area contributed by atoms with Crippen molar-refractivity contribution in [2.45, 2.75) is 20.3 Å². The Morgan fingerprint density at radius 1 is 0.267 bits per heavy atom. The second-order valence-corrected chi connectivity index (χ2v) is 23.0.